The summed E-state index contributed by atoms with van der Waals surface area (Å²) >= 11 is 0. The second-order valence-corrected chi connectivity index (χ2v) is 8.78. The number of ether oxygens (including phenoxy) is 5. The van der Waals surface area contributed by atoms with Crippen molar-refractivity contribution in [2.24, 2.45) is 16.7 Å². The predicted molar refractivity (Wildman–Crippen MR) is 81.4 cm³/mol. The van der Waals surface area contributed by atoms with Crippen LogP contribution in [-0.4, -0.2) is 67.7 Å². The van der Waals surface area contributed by atoms with Gasteiger partial charge in [-0.2, -0.15) is 0 Å². The van der Waals surface area contributed by atoms with Gasteiger partial charge in [0.1, 0.15) is 13.4 Å². The highest BCUT2D eigenvalue weighted by Crippen LogP contribution is 2.77. The van der Waals surface area contributed by atoms with Crippen molar-refractivity contribution < 1.29 is 33.6 Å². The molecule has 0 aromatic carbocycles. The lowest BCUT2D eigenvalue weighted by Crippen LogP contribution is -2.72. The molecule has 7 nitrogen and oxygen atoms in total. The normalized spacial score (nSPS) is 60.5. The third kappa shape index (κ3) is 1.48. The Morgan fingerprint density at radius 3 is 3.04 bits per heavy atom. The molecule has 3 saturated heterocycles. The molecule has 0 radical (unpaired) electrons. The number of fused-ring (bicyclic) bond motifs is 3. The summed E-state index contributed by atoms with van der Waals surface area (Å²) in [5, 5.41) is 10.8. The molecule has 0 aromatic heterocycles. The lowest BCUT2D eigenvalue weighted by Gasteiger charge is -2.63. The summed E-state index contributed by atoms with van der Waals surface area (Å²) in [5.74, 6) is 0.0137. The second-order valence-electron chi connectivity index (χ2n) is 8.78. The number of epoxide rings is 1. The number of carbonyl (C=O) groups is 1. The summed E-state index contributed by atoms with van der Waals surface area (Å²) in [7, 11) is 1.63. The molecular weight excluding hydrogens is 328 g/mol. The van der Waals surface area contributed by atoms with Gasteiger partial charge in [0.25, 0.3) is 0 Å². The maximum absolute atomic E-state index is 12.9. The Bertz CT molecular complexity index is 639. The van der Waals surface area contributed by atoms with E-state index in [1.807, 2.05) is 0 Å². The van der Waals surface area contributed by atoms with Crippen LogP contribution in [-0.2, 0) is 28.5 Å². The lowest BCUT2D eigenvalue weighted by molar-refractivity contribution is -0.252. The van der Waals surface area contributed by atoms with E-state index in [0.717, 1.165) is 19.3 Å². The lowest BCUT2D eigenvalue weighted by atomic mass is 9.41. The van der Waals surface area contributed by atoms with Gasteiger partial charge in [0.2, 0.25) is 0 Å². The maximum Gasteiger partial charge on any atom is 0.339 e. The minimum atomic E-state index is -0.937. The summed E-state index contributed by atoms with van der Waals surface area (Å²) in [5.41, 5.74) is -1.75. The average Bonchev–Trinajstić information content (AvgIpc) is 3.35. The van der Waals surface area contributed by atoms with Gasteiger partial charge in [-0.15, -0.1) is 0 Å². The molecule has 138 valence electrons. The molecular formula is C18H24O7. The Hall–Kier alpha value is -0.730. The first kappa shape index (κ1) is 15.3. The molecule has 7 heteroatoms. The summed E-state index contributed by atoms with van der Waals surface area (Å²) in [4.78, 5) is 12.9. The molecule has 7 aliphatic rings. The Kier molecular flexibility index (Phi) is 2.80. The zero-order chi connectivity index (χ0) is 17.0. The van der Waals surface area contributed by atoms with Crippen LogP contribution in [0.5, 0.6) is 0 Å². The van der Waals surface area contributed by atoms with Crippen molar-refractivity contribution in [3.05, 3.63) is 0 Å². The first-order valence-corrected chi connectivity index (χ1v) is 9.37. The number of carbonyl (C=O) groups excluding carboxylic acids is 1. The number of hydrogen-bond acceptors (Lipinski definition) is 7. The summed E-state index contributed by atoms with van der Waals surface area (Å²) in [6, 6.07) is 0. The minimum absolute atomic E-state index is 0.0219. The Labute approximate surface area is 145 Å². The number of aliphatic hydroxyl groups is 1. The van der Waals surface area contributed by atoms with Crippen molar-refractivity contribution in [1.82, 2.24) is 0 Å². The van der Waals surface area contributed by atoms with E-state index in [1.54, 1.807) is 7.11 Å². The number of hydrogen-bond donors (Lipinski definition) is 1. The Morgan fingerprint density at radius 2 is 2.20 bits per heavy atom. The quantitative estimate of drug-likeness (QED) is 0.446. The monoisotopic (exact) mass is 352 g/mol. The third-order valence-corrected chi connectivity index (χ3v) is 8.15. The molecule has 4 bridgehead atoms. The highest BCUT2D eigenvalue weighted by Gasteiger charge is 2.88. The van der Waals surface area contributed by atoms with E-state index in [4.69, 9.17) is 23.7 Å². The van der Waals surface area contributed by atoms with E-state index in [-0.39, 0.29) is 55.1 Å². The molecule has 0 aromatic rings. The van der Waals surface area contributed by atoms with Crippen LogP contribution in [0.15, 0.2) is 0 Å². The van der Waals surface area contributed by atoms with Crippen LogP contribution >= 0.6 is 0 Å². The maximum atomic E-state index is 12.9. The van der Waals surface area contributed by atoms with Crippen molar-refractivity contribution >= 4 is 5.97 Å². The molecule has 3 aliphatic heterocycles. The molecule has 1 N–H and O–H groups in total. The minimum Gasteiger partial charge on any atom is -0.463 e. The molecule has 7 rings (SSSR count). The Balaban J connectivity index is 1.50. The van der Waals surface area contributed by atoms with Gasteiger partial charge in [0, 0.05) is 18.9 Å². The topological polar surface area (TPSA) is 86.8 Å². The SMILES string of the molecule is COCOC1C[C@@]23CC[C@@H]1C[C@@]21O[C@H]2[C@H](O)C[C@@H]4O[C@@H]4[C@]23COC1=O. The van der Waals surface area contributed by atoms with Crippen LogP contribution in [0, 0.1) is 16.7 Å². The molecule has 9 atom stereocenters. The largest absolute Gasteiger partial charge is 0.463 e. The Morgan fingerprint density at radius 1 is 1.32 bits per heavy atom. The van der Waals surface area contributed by atoms with Crippen molar-refractivity contribution in [1.29, 1.82) is 0 Å². The van der Waals surface area contributed by atoms with Gasteiger partial charge in [0.15, 0.2) is 5.60 Å². The number of methoxy groups -OCH3 is 1. The van der Waals surface area contributed by atoms with E-state index in [0.29, 0.717) is 12.8 Å². The number of cyclic esters (lactones) is 1. The fourth-order valence-electron chi connectivity index (χ4n) is 7.22. The number of aliphatic hydroxyl groups excluding tert-OH is 1. The summed E-state index contributed by atoms with van der Waals surface area (Å²) in [6.45, 7) is 0.551. The highest BCUT2D eigenvalue weighted by molar-refractivity contribution is 5.84. The average molecular weight is 352 g/mol. The zero-order valence-electron chi connectivity index (χ0n) is 14.3. The second kappa shape index (κ2) is 4.57. The fourth-order valence-corrected chi connectivity index (χ4v) is 7.22. The molecule has 0 amide bonds. The van der Waals surface area contributed by atoms with Gasteiger partial charge < -0.3 is 28.8 Å². The van der Waals surface area contributed by atoms with Gasteiger partial charge >= 0.3 is 5.97 Å². The fraction of sp³-hybridized carbons (Fsp3) is 0.944. The third-order valence-electron chi connectivity index (χ3n) is 8.15. The molecule has 1 unspecified atom stereocenters. The van der Waals surface area contributed by atoms with E-state index in [1.165, 1.54) is 0 Å². The number of rotatable bonds is 3. The van der Waals surface area contributed by atoms with E-state index >= 15 is 0 Å². The van der Waals surface area contributed by atoms with Crippen LogP contribution in [0.3, 0.4) is 0 Å². The zero-order valence-corrected chi connectivity index (χ0v) is 14.3. The molecule has 3 heterocycles. The highest BCUT2D eigenvalue weighted by atomic mass is 16.7. The van der Waals surface area contributed by atoms with Gasteiger partial charge in [-0.05, 0) is 31.6 Å². The standard InChI is InChI=1S/C18H24O7/c1-21-8-23-12-6-16-3-2-9(12)5-18(16)15(20)22-7-17(16)13(25-18)10(19)4-11-14(17)24-11/h9-14,19H,2-8H2,1H3/t9-,10-,11+,12?,13+,14+,16-,17+,18+/m1/s1. The smallest absolute Gasteiger partial charge is 0.339 e. The van der Waals surface area contributed by atoms with Crippen LogP contribution in [0.25, 0.3) is 0 Å². The molecule has 25 heavy (non-hydrogen) atoms. The molecule has 4 aliphatic carbocycles. The first-order valence-electron chi connectivity index (χ1n) is 9.37. The van der Waals surface area contributed by atoms with Crippen molar-refractivity contribution in [3.63, 3.8) is 0 Å². The van der Waals surface area contributed by atoms with Crippen LogP contribution < -0.4 is 0 Å². The van der Waals surface area contributed by atoms with Crippen LogP contribution in [0.4, 0.5) is 0 Å². The van der Waals surface area contributed by atoms with Gasteiger partial charge in [-0.1, -0.05) is 0 Å². The number of esters is 1. The van der Waals surface area contributed by atoms with Crippen molar-refractivity contribution in [2.75, 3.05) is 20.5 Å². The molecule has 2 spiro atoms. The first-order chi connectivity index (χ1) is 12.1. The predicted octanol–water partition coefficient (Wildman–Crippen LogP) is 0.378. The van der Waals surface area contributed by atoms with E-state index in [2.05, 4.69) is 0 Å². The van der Waals surface area contributed by atoms with Crippen LogP contribution in [0.1, 0.15) is 32.1 Å². The summed E-state index contributed by atoms with van der Waals surface area (Å²) < 4.78 is 29.2. The van der Waals surface area contributed by atoms with Gasteiger partial charge in [0.05, 0.1) is 35.9 Å². The van der Waals surface area contributed by atoms with Gasteiger partial charge in [-0.25, -0.2) is 4.79 Å². The van der Waals surface area contributed by atoms with Gasteiger partial charge in [-0.3, -0.25) is 0 Å². The van der Waals surface area contributed by atoms with Crippen molar-refractivity contribution in [3.8, 4) is 0 Å². The molecule has 4 saturated carbocycles. The van der Waals surface area contributed by atoms with E-state index in [9.17, 15) is 9.90 Å². The van der Waals surface area contributed by atoms with Crippen LogP contribution in [0.2, 0.25) is 0 Å². The summed E-state index contributed by atoms with van der Waals surface area (Å²) in [6.07, 6.45) is 3.03. The van der Waals surface area contributed by atoms with Crippen molar-refractivity contribution in [2.45, 2.75) is 68.2 Å². The van der Waals surface area contributed by atoms with E-state index < -0.39 is 17.1 Å². The molecule has 7 fully saturated rings.